The number of nitrogens with one attached hydrogen (secondary N) is 2. The van der Waals surface area contributed by atoms with E-state index in [9.17, 15) is 9.59 Å². The molecule has 1 atom stereocenters. The highest BCUT2D eigenvalue weighted by Crippen LogP contribution is 2.35. The van der Waals surface area contributed by atoms with Gasteiger partial charge in [0.1, 0.15) is 5.60 Å². The second-order valence-electron chi connectivity index (χ2n) is 8.87. The Morgan fingerprint density at radius 3 is 2.48 bits per heavy atom. The van der Waals surface area contributed by atoms with Crippen molar-refractivity contribution in [2.24, 2.45) is 5.92 Å². The molecule has 7 nitrogen and oxygen atoms in total. The topological polar surface area (TPSA) is 93.2 Å². The van der Waals surface area contributed by atoms with Crippen LogP contribution in [0, 0.1) is 5.92 Å². The summed E-state index contributed by atoms with van der Waals surface area (Å²) in [5.74, 6) is -0.00882. The Morgan fingerprint density at radius 1 is 1.13 bits per heavy atom. The predicted molar refractivity (Wildman–Crippen MR) is 119 cm³/mol. The van der Waals surface area contributed by atoms with Gasteiger partial charge in [-0.25, -0.2) is 4.79 Å². The first-order valence-corrected chi connectivity index (χ1v) is 10.9. The van der Waals surface area contributed by atoms with Crippen molar-refractivity contribution in [1.29, 1.82) is 0 Å². The number of aromatic nitrogens is 2. The number of alkyl carbamates (subject to hydrolysis) is 1. The second-order valence-corrected chi connectivity index (χ2v) is 9.31. The second kappa shape index (κ2) is 10.1. The molecular formula is C23H29ClN4O3. The van der Waals surface area contributed by atoms with Crippen LogP contribution in [0.3, 0.4) is 0 Å². The van der Waals surface area contributed by atoms with E-state index < -0.39 is 11.7 Å². The van der Waals surface area contributed by atoms with Crippen LogP contribution in [0.25, 0.3) is 0 Å². The molecule has 0 spiro atoms. The van der Waals surface area contributed by atoms with Crippen LogP contribution in [0.5, 0.6) is 0 Å². The molecule has 1 aromatic heterocycles. The third-order valence-electron chi connectivity index (χ3n) is 5.26. The Labute approximate surface area is 187 Å². The van der Waals surface area contributed by atoms with Gasteiger partial charge in [0, 0.05) is 17.3 Å². The van der Waals surface area contributed by atoms with Gasteiger partial charge >= 0.3 is 6.09 Å². The molecule has 0 bridgehead atoms. The van der Waals surface area contributed by atoms with Crippen LogP contribution in [-0.4, -0.2) is 33.8 Å². The fraction of sp³-hybridized carbons (Fsp3) is 0.478. The number of hydrogen-bond acceptors (Lipinski definition) is 5. The molecule has 0 aliphatic heterocycles. The van der Waals surface area contributed by atoms with Crippen LogP contribution < -0.4 is 10.6 Å². The number of carbonyl (C=O) groups is 2. The highest BCUT2D eigenvalue weighted by molar-refractivity contribution is 6.30. The number of hydrogen-bond donors (Lipinski definition) is 2. The Morgan fingerprint density at radius 2 is 1.87 bits per heavy atom. The summed E-state index contributed by atoms with van der Waals surface area (Å²) >= 11 is 6.21. The number of carbonyl (C=O) groups excluding carboxylic acids is 2. The lowest BCUT2D eigenvalue weighted by Gasteiger charge is -2.35. The van der Waals surface area contributed by atoms with E-state index in [1.807, 2.05) is 45.0 Å². The van der Waals surface area contributed by atoms with Crippen LogP contribution >= 0.6 is 11.6 Å². The van der Waals surface area contributed by atoms with E-state index in [4.69, 9.17) is 16.3 Å². The van der Waals surface area contributed by atoms with Gasteiger partial charge in [-0.05, 0) is 82.2 Å². The molecule has 1 aliphatic rings. The summed E-state index contributed by atoms with van der Waals surface area (Å²) in [5, 5.41) is 14.3. The van der Waals surface area contributed by atoms with E-state index >= 15 is 0 Å². The normalized spacial score (nSPS) is 19.9. The van der Waals surface area contributed by atoms with Crippen LogP contribution in [0.2, 0.25) is 5.02 Å². The Kier molecular flexibility index (Phi) is 7.49. The van der Waals surface area contributed by atoms with Gasteiger partial charge in [0.25, 0.3) is 5.91 Å². The van der Waals surface area contributed by atoms with Crippen LogP contribution in [-0.2, 0) is 4.74 Å². The molecule has 166 valence electrons. The summed E-state index contributed by atoms with van der Waals surface area (Å²) in [6, 6.07) is 10.7. The SMILES string of the molecule is CC(C)(C)OC(=O)NC(c1cccc(Cl)c1)C1CCC(NC(=O)c2cccnn2)CC1. The van der Waals surface area contributed by atoms with Gasteiger partial charge in [-0.1, -0.05) is 23.7 Å². The van der Waals surface area contributed by atoms with Crippen molar-refractivity contribution in [2.45, 2.75) is 64.1 Å². The number of amides is 2. The zero-order chi connectivity index (χ0) is 22.4. The minimum absolute atomic E-state index is 0.0623. The highest BCUT2D eigenvalue weighted by atomic mass is 35.5. The van der Waals surface area contributed by atoms with Crippen molar-refractivity contribution in [3.63, 3.8) is 0 Å². The molecule has 1 saturated carbocycles. The van der Waals surface area contributed by atoms with Crippen molar-refractivity contribution in [3.05, 3.63) is 58.9 Å². The molecule has 8 heteroatoms. The van der Waals surface area contributed by atoms with Gasteiger partial charge in [0.05, 0.1) is 6.04 Å². The van der Waals surface area contributed by atoms with Crippen LogP contribution in [0.15, 0.2) is 42.6 Å². The number of benzene rings is 1. The molecular weight excluding hydrogens is 416 g/mol. The van der Waals surface area contributed by atoms with E-state index in [0.717, 1.165) is 31.2 Å². The first kappa shape index (κ1) is 23.0. The molecule has 3 rings (SSSR count). The lowest BCUT2D eigenvalue weighted by molar-refractivity contribution is 0.0474. The van der Waals surface area contributed by atoms with E-state index in [1.54, 1.807) is 12.1 Å². The van der Waals surface area contributed by atoms with E-state index in [-0.39, 0.29) is 23.9 Å². The number of ether oxygens (including phenoxy) is 1. The minimum atomic E-state index is -0.578. The summed E-state index contributed by atoms with van der Waals surface area (Å²) in [4.78, 5) is 24.9. The summed E-state index contributed by atoms with van der Waals surface area (Å²) in [6.07, 6.45) is 4.40. The Bertz CT molecular complexity index is 893. The Balaban J connectivity index is 1.65. The predicted octanol–water partition coefficient (Wildman–Crippen LogP) is 4.68. The fourth-order valence-electron chi connectivity index (χ4n) is 3.89. The zero-order valence-electron chi connectivity index (χ0n) is 18.1. The summed E-state index contributed by atoms with van der Waals surface area (Å²) < 4.78 is 5.48. The lowest BCUT2D eigenvalue weighted by Crippen LogP contribution is -2.42. The number of nitrogens with zero attached hydrogens (tertiary/aromatic N) is 2. The van der Waals surface area contributed by atoms with Gasteiger partial charge in [0.15, 0.2) is 5.69 Å². The molecule has 0 radical (unpaired) electrons. The third kappa shape index (κ3) is 6.92. The monoisotopic (exact) mass is 444 g/mol. The number of rotatable bonds is 5. The highest BCUT2D eigenvalue weighted by Gasteiger charge is 2.32. The van der Waals surface area contributed by atoms with Crippen molar-refractivity contribution in [1.82, 2.24) is 20.8 Å². The van der Waals surface area contributed by atoms with Gasteiger partial charge in [0.2, 0.25) is 0 Å². The van der Waals surface area contributed by atoms with E-state index in [2.05, 4.69) is 20.8 Å². The third-order valence-corrected chi connectivity index (χ3v) is 5.50. The summed E-state index contributed by atoms with van der Waals surface area (Å²) in [7, 11) is 0. The molecule has 31 heavy (non-hydrogen) atoms. The summed E-state index contributed by atoms with van der Waals surface area (Å²) in [5.41, 5.74) is 0.684. The number of halogens is 1. The van der Waals surface area contributed by atoms with E-state index in [0.29, 0.717) is 10.7 Å². The van der Waals surface area contributed by atoms with Gasteiger partial charge < -0.3 is 15.4 Å². The lowest BCUT2D eigenvalue weighted by atomic mass is 9.79. The van der Waals surface area contributed by atoms with Crippen LogP contribution in [0.4, 0.5) is 4.79 Å². The van der Waals surface area contributed by atoms with E-state index in [1.165, 1.54) is 6.20 Å². The van der Waals surface area contributed by atoms with Crippen molar-refractivity contribution < 1.29 is 14.3 Å². The molecule has 0 saturated heterocycles. The molecule has 1 aromatic carbocycles. The smallest absolute Gasteiger partial charge is 0.408 e. The molecule has 1 heterocycles. The molecule has 2 aromatic rings. The Hall–Kier alpha value is -2.67. The standard InChI is InChI=1S/C23H29ClN4O3/c1-23(2,3)31-22(30)27-20(16-6-4-7-17(24)14-16)15-9-11-18(12-10-15)26-21(29)19-8-5-13-25-28-19/h4-8,13-15,18,20H,9-12H2,1-3H3,(H,26,29)(H,27,30). The molecule has 1 aliphatic carbocycles. The van der Waals surface area contributed by atoms with Crippen molar-refractivity contribution in [2.75, 3.05) is 0 Å². The quantitative estimate of drug-likeness (QED) is 0.698. The van der Waals surface area contributed by atoms with Crippen LogP contribution in [0.1, 0.15) is 68.5 Å². The molecule has 2 amide bonds. The van der Waals surface area contributed by atoms with Gasteiger partial charge in [-0.2, -0.15) is 5.10 Å². The first-order chi connectivity index (χ1) is 14.7. The zero-order valence-corrected chi connectivity index (χ0v) is 18.9. The maximum absolute atomic E-state index is 12.5. The summed E-state index contributed by atoms with van der Waals surface area (Å²) in [6.45, 7) is 5.52. The van der Waals surface area contributed by atoms with Gasteiger partial charge in [-0.15, -0.1) is 5.10 Å². The average Bonchev–Trinajstić information content (AvgIpc) is 2.72. The molecule has 1 fully saturated rings. The average molecular weight is 445 g/mol. The maximum atomic E-state index is 12.5. The van der Waals surface area contributed by atoms with Gasteiger partial charge in [-0.3, -0.25) is 4.79 Å². The van der Waals surface area contributed by atoms with Crippen molar-refractivity contribution in [3.8, 4) is 0 Å². The minimum Gasteiger partial charge on any atom is -0.444 e. The molecule has 2 N–H and O–H groups in total. The first-order valence-electron chi connectivity index (χ1n) is 10.5. The van der Waals surface area contributed by atoms with Crippen molar-refractivity contribution >= 4 is 23.6 Å². The fourth-order valence-corrected chi connectivity index (χ4v) is 4.09. The maximum Gasteiger partial charge on any atom is 0.408 e. The molecule has 1 unspecified atom stereocenters. The largest absolute Gasteiger partial charge is 0.444 e.